The second-order valence-electron chi connectivity index (χ2n) is 3.22. The Hall–Kier alpha value is -1.63. The van der Waals surface area contributed by atoms with E-state index in [1.54, 1.807) is 0 Å². The predicted molar refractivity (Wildman–Crippen MR) is 50.8 cm³/mol. The van der Waals surface area contributed by atoms with Crippen molar-refractivity contribution in [3.8, 4) is 22.3 Å². The maximum absolute atomic E-state index is 12.9. The van der Waals surface area contributed by atoms with E-state index in [0.717, 1.165) is 22.3 Å². The fourth-order valence-corrected chi connectivity index (χ4v) is 1.71. The summed E-state index contributed by atoms with van der Waals surface area (Å²) in [4.78, 5) is 0. The Morgan fingerprint density at radius 2 is 1.46 bits per heavy atom. The van der Waals surface area contributed by atoms with Gasteiger partial charge in [-0.05, 0) is 11.1 Å². The molecule has 0 saturated heterocycles. The zero-order chi connectivity index (χ0) is 8.84. The van der Waals surface area contributed by atoms with Gasteiger partial charge in [-0.3, -0.25) is 0 Å². The van der Waals surface area contributed by atoms with Crippen LogP contribution in [0.15, 0.2) is 42.5 Å². The molecule has 0 unspecified atom stereocenters. The number of hydrogen-bond donors (Lipinski definition) is 0. The van der Waals surface area contributed by atoms with Crippen LogP contribution in [0.1, 0.15) is 0 Å². The summed E-state index contributed by atoms with van der Waals surface area (Å²) in [6.45, 7) is 0. The van der Waals surface area contributed by atoms with Crippen molar-refractivity contribution in [1.82, 2.24) is 0 Å². The summed E-state index contributed by atoms with van der Waals surface area (Å²) in [5.41, 5.74) is 3.72. The van der Waals surface area contributed by atoms with Gasteiger partial charge in [0, 0.05) is 11.1 Å². The summed E-state index contributed by atoms with van der Waals surface area (Å²) in [7, 11) is 0. The molecule has 0 fully saturated rings. The lowest BCUT2D eigenvalue weighted by Gasteiger charge is -1.95. The molecule has 1 aromatic rings. The molecule has 1 heteroatoms. The number of halogens is 1. The van der Waals surface area contributed by atoms with Crippen molar-refractivity contribution in [2.75, 3.05) is 0 Å². The van der Waals surface area contributed by atoms with Crippen molar-refractivity contribution in [3.63, 3.8) is 0 Å². The second-order valence-corrected chi connectivity index (χ2v) is 3.22. The number of hydrogen-bond acceptors (Lipinski definition) is 0. The molecular formula is C12H7F. The molecule has 0 aromatic heterocycles. The van der Waals surface area contributed by atoms with E-state index in [1.807, 2.05) is 42.5 Å². The molecule has 0 spiro atoms. The van der Waals surface area contributed by atoms with Crippen LogP contribution in [0.5, 0.6) is 0 Å². The van der Waals surface area contributed by atoms with E-state index in [0.29, 0.717) is 0 Å². The standard InChI is InChI=1S/C12H7F/c13-12-10-7-6-9(11(10)12)8-4-2-1-3-5-8/h1-7H. The summed E-state index contributed by atoms with van der Waals surface area (Å²) in [5, 5.41) is 0. The van der Waals surface area contributed by atoms with Crippen molar-refractivity contribution in [3.05, 3.63) is 48.3 Å². The Bertz CT molecular complexity index is 472. The molecule has 2 aliphatic rings. The van der Waals surface area contributed by atoms with Gasteiger partial charge in [-0.2, -0.15) is 0 Å². The van der Waals surface area contributed by atoms with Crippen molar-refractivity contribution >= 4 is 0 Å². The van der Waals surface area contributed by atoms with Crippen molar-refractivity contribution in [2.45, 2.75) is 0 Å². The Kier molecular flexibility index (Phi) is 1.15. The van der Waals surface area contributed by atoms with Crippen molar-refractivity contribution in [2.24, 2.45) is 0 Å². The third-order valence-electron chi connectivity index (χ3n) is 2.43. The third-order valence-corrected chi connectivity index (χ3v) is 2.43. The van der Waals surface area contributed by atoms with Crippen LogP contribution in [0.2, 0.25) is 0 Å². The predicted octanol–water partition coefficient (Wildman–Crippen LogP) is 3.47. The highest BCUT2D eigenvalue weighted by molar-refractivity contribution is 5.97. The molecule has 0 amide bonds. The average Bonchev–Trinajstić information content (AvgIpc) is 2.67. The van der Waals surface area contributed by atoms with Gasteiger partial charge >= 0.3 is 0 Å². The largest absolute Gasteiger partial charge is 0.206 e. The van der Waals surface area contributed by atoms with Crippen LogP contribution in [0.4, 0.5) is 4.39 Å². The van der Waals surface area contributed by atoms with Crippen LogP contribution < -0.4 is 0 Å². The molecule has 0 N–H and O–H groups in total. The first kappa shape index (κ1) is 6.84. The molecule has 0 bridgehead atoms. The molecule has 3 rings (SSSR count). The van der Waals surface area contributed by atoms with Gasteiger partial charge in [-0.25, -0.2) is 4.39 Å². The van der Waals surface area contributed by atoms with Gasteiger partial charge in [-0.1, -0.05) is 42.5 Å². The van der Waals surface area contributed by atoms with Gasteiger partial charge in [0.1, 0.15) is 5.82 Å². The van der Waals surface area contributed by atoms with E-state index in [1.165, 1.54) is 0 Å². The lowest BCUT2D eigenvalue weighted by molar-refractivity contribution is 0.665. The fourth-order valence-electron chi connectivity index (χ4n) is 1.71. The van der Waals surface area contributed by atoms with Crippen molar-refractivity contribution < 1.29 is 4.39 Å². The molecule has 0 nitrogen and oxygen atoms in total. The normalized spacial score (nSPS) is 11.5. The van der Waals surface area contributed by atoms with E-state index < -0.39 is 0 Å². The molecule has 0 atom stereocenters. The van der Waals surface area contributed by atoms with Crippen LogP contribution in [0.25, 0.3) is 22.3 Å². The maximum atomic E-state index is 12.9. The Morgan fingerprint density at radius 1 is 0.769 bits per heavy atom. The summed E-state index contributed by atoms with van der Waals surface area (Å²) in [6, 6.07) is 13.7. The quantitative estimate of drug-likeness (QED) is 0.524. The lowest BCUT2D eigenvalue weighted by atomic mass is 10.1. The molecular weight excluding hydrogens is 163 g/mol. The zero-order valence-corrected chi connectivity index (χ0v) is 6.92. The molecule has 0 saturated carbocycles. The Labute approximate surface area is 75.6 Å². The first-order valence-corrected chi connectivity index (χ1v) is 4.26. The summed E-state index contributed by atoms with van der Waals surface area (Å²) >= 11 is 0. The highest BCUT2D eigenvalue weighted by Crippen LogP contribution is 2.48. The highest BCUT2D eigenvalue weighted by Gasteiger charge is 2.28. The summed E-state index contributed by atoms with van der Waals surface area (Å²) in [5.74, 6) is -0.0265. The molecule has 62 valence electrons. The lowest BCUT2D eigenvalue weighted by Crippen LogP contribution is -1.70. The Morgan fingerprint density at radius 3 is 2.08 bits per heavy atom. The molecule has 0 radical (unpaired) electrons. The summed E-state index contributed by atoms with van der Waals surface area (Å²) < 4.78 is 12.9. The first-order valence-electron chi connectivity index (χ1n) is 4.26. The minimum Gasteiger partial charge on any atom is -0.206 e. The Balaban J connectivity index is 2.17. The van der Waals surface area contributed by atoms with Crippen LogP contribution in [-0.4, -0.2) is 0 Å². The molecule has 1 aromatic carbocycles. The smallest absolute Gasteiger partial charge is 0.139 e. The van der Waals surface area contributed by atoms with E-state index in [-0.39, 0.29) is 5.82 Å². The third kappa shape index (κ3) is 0.842. The van der Waals surface area contributed by atoms with Crippen LogP contribution in [-0.2, 0) is 0 Å². The summed E-state index contributed by atoms with van der Waals surface area (Å²) in [6.07, 6.45) is 0. The average molecular weight is 170 g/mol. The minimum atomic E-state index is -0.0265. The molecule has 13 heavy (non-hydrogen) atoms. The fraction of sp³-hybridized carbons (Fsp3) is 0. The van der Waals surface area contributed by atoms with E-state index in [2.05, 4.69) is 0 Å². The monoisotopic (exact) mass is 170 g/mol. The molecule has 0 heterocycles. The molecule has 0 aliphatic heterocycles. The van der Waals surface area contributed by atoms with Crippen LogP contribution in [0, 0.1) is 5.82 Å². The van der Waals surface area contributed by atoms with Crippen LogP contribution >= 0.6 is 0 Å². The number of benzene rings is 2. The number of fused-ring (bicyclic) bond motifs is 1. The second kappa shape index (κ2) is 2.19. The highest BCUT2D eigenvalue weighted by atomic mass is 19.1. The van der Waals surface area contributed by atoms with Crippen LogP contribution in [0.3, 0.4) is 0 Å². The minimum absolute atomic E-state index is 0.0265. The first-order chi connectivity index (χ1) is 6.38. The molecule has 2 aliphatic carbocycles. The van der Waals surface area contributed by atoms with Gasteiger partial charge in [0.05, 0.1) is 0 Å². The zero-order valence-electron chi connectivity index (χ0n) is 6.92. The van der Waals surface area contributed by atoms with Gasteiger partial charge in [0.15, 0.2) is 0 Å². The SMILES string of the molecule is Fc1c2ccc(-c3ccccc3)c1-2. The van der Waals surface area contributed by atoms with E-state index in [9.17, 15) is 4.39 Å². The van der Waals surface area contributed by atoms with Gasteiger partial charge in [0.25, 0.3) is 0 Å². The van der Waals surface area contributed by atoms with Gasteiger partial charge in [0.2, 0.25) is 0 Å². The topological polar surface area (TPSA) is 0 Å². The van der Waals surface area contributed by atoms with E-state index in [4.69, 9.17) is 0 Å². The van der Waals surface area contributed by atoms with E-state index >= 15 is 0 Å². The van der Waals surface area contributed by atoms with Gasteiger partial charge < -0.3 is 0 Å². The maximum Gasteiger partial charge on any atom is 0.139 e. The van der Waals surface area contributed by atoms with Gasteiger partial charge in [-0.15, -0.1) is 0 Å². The van der Waals surface area contributed by atoms with Crippen molar-refractivity contribution in [1.29, 1.82) is 0 Å². The number of rotatable bonds is 1.